The molecule has 23 heavy (non-hydrogen) atoms. The molecule has 2 rings (SSSR count). The Bertz CT molecular complexity index is 753. The molecular formula is C20H20O3. The summed E-state index contributed by atoms with van der Waals surface area (Å²) in [5.41, 5.74) is 2.72. The van der Waals surface area contributed by atoms with Crippen molar-refractivity contribution in [2.75, 3.05) is 0 Å². The van der Waals surface area contributed by atoms with E-state index in [0.717, 1.165) is 5.56 Å². The summed E-state index contributed by atoms with van der Waals surface area (Å²) in [6.45, 7) is 5.62. The van der Waals surface area contributed by atoms with E-state index in [2.05, 4.69) is 13.8 Å². The maximum Gasteiger partial charge on any atom is 0.185 e. The number of rotatable bonds is 5. The zero-order valence-electron chi connectivity index (χ0n) is 13.5. The lowest BCUT2D eigenvalue weighted by atomic mass is 10.0. The van der Waals surface area contributed by atoms with Crippen LogP contribution < -0.4 is 0 Å². The SMILES string of the molecule is CC(=O)c1cc(C(=O)/C=C/c2ccc(C(C)C)cc2)ccc1O. The monoisotopic (exact) mass is 308 g/mol. The Kier molecular flexibility index (Phi) is 5.12. The molecule has 0 aliphatic heterocycles. The molecule has 3 heteroatoms. The van der Waals surface area contributed by atoms with Gasteiger partial charge in [0, 0.05) is 5.56 Å². The fraction of sp³-hybridized carbons (Fsp3) is 0.200. The second kappa shape index (κ2) is 7.05. The highest BCUT2D eigenvalue weighted by Gasteiger charge is 2.10. The number of hydrogen-bond donors (Lipinski definition) is 1. The van der Waals surface area contributed by atoms with Crippen molar-refractivity contribution in [2.24, 2.45) is 0 Å². The molecule has 3 nitrogen and oxygen atoms in total. The molecule has 0 spiro atoms. The molecule has 0 radical (unpaired) electrons. The van der Waals surface area contributed by atoms with Gasteiger partial charge in [0.1, 0.15) is 5.75 Å². The van der Waals surface area contributed by atoms with Crippen LogP contribution in [0.3, 0.4) is 0 Å². The largest absolute Gasteiger partial charge is 0.507 e. The van der Waals surface area contributed by atoms with Crippen LogP contribution in [0.2, 0.25) is 0 Å². The Hall–Kier alpha value is -2.68. The molecule has 2 aromatic rings. The van der Waals surface area contributed by atoms with Gasteiger partial charge < -0.3 is 5.11 Å². The van der Waals surface area contributed by atoms with Gasteiger partial charge in [-0.2, -0.15) is 0 Å². The van der Waals surface area contributed by atoms with Crippen molar-refractivity contribution in [3.8, 4) is 5.75 Å². The molecule has 0 aliphatic rings. The average molecular weight is 308 g/mol. The van der Waals surface area contributed by atoms with Crippen molar-refractivity contribution < 1.29 is 14.7 Å². The van der Waals surface area contributed by atoms with E-state index in [0.29, 0.717) is 11.5 Å². The van der Waals surface area contributed by atoms with Crippen molar-refractivity contribution in [3.63, 3.8) is 0 Å². The first-order chi connectivity index (χ1) is 10.9. The second-order valence-corrected chi connectivity index (χ2v) is 5.81. The minimum atomic E-state index is -0.273. The summed E-state index contributed by atoms with van der Waals surface area (Å²) in [5, 5.41) is 9.62. The van der Waals surface area contributed by atoms with Gasteiger partial charge in [0.15, 0.2) is 11.6 Å². The lowest BCUT2D eigenvalue weighted by Crippen LogP contribution is -1.99. The molecular weight excluding hydrogens is 288 g/mol. The van der Waals surface area contributed by atoms with Gasteiger partial charge in [-0.1, -0.05) is 44.2 Å². The quantitative estimate of drug-likeness (QED) is 0.648. The van der Waals surface area contributed by atoms with Gasteiger partial charge in [0.05, 0.1) is 5.56 Å². The van der Waals surface area contributed by atoms with E-state index in [9.17, 15) is 14.7 Å². The molecule has 118 valence electrons. The Morgan fingerprint density at radius 1 is 1.04 bits per heavy atom. The number of carbonyl (C=O) groups excluding carboxylic acids is 2. The second-order valence-electron chi connectivity index (χ2n) is 5.81. The first-order valence-electron chi connectivity index (χ1n) is 7.55. The maximum absolute atomic E-state index is 12.2. The molecule has 0 atom stereocenters. The van der Waals surface area contributed by atoms with Crippen LogP contribution in [0.25, 0.3) is 6.08 Å². The molecule has 0 aromatic heterocycles. The minimum Gasteiger partial charge on any atom is -0.507 e. The number of phenolic OH excluding ortho intramolecular Hbond substituents is 1. The fourth-order valence-corrected chi connectivity index (χ4v) is 2.23. The van der Waals surface area contributed by atoms with E-state index < -0.39 is 0 Å². The molecule has 0 heterocycles. The van der Waals surface area contributed by atoms with Gasteiger partial charge in [-0.05, 0) is 48.2 Å². The number of aromatic hydroxyl groups is 1. The fourth-order valence-electron chi connectivity index (χ4n) is 2.23. The van der Waals surface area contributed by atoms with Gasteiger partial charge in [-0.25, -0.2) is 0 Å². The first-order valence-corrected chi connectivity index (χ1v) is 7.55. The lowest BCUT2D eigenvalue weighted by molar-refractivity contribution is 0.101. The summed E-state index contributed by atoms with van der Waals surface area (Å²) in [7, 11) is 0. The Labute approximate surface area is 136 Å². The van der Waals surface area contributed by atoms with E-state index in [1.54, 1.807) is 6.08 Å². The van der Waals surface area contributed by atoms with Crippen LogP contribution in [0.4, 0.5) is 0 Å². The number of phenols is 1. The van der Waals surface area contributed by atoms with Crippen LogP contribution in [0.5, 0.6) is 5.75 Å². The van der Waals surface area contributed by atoms with Gasteiger partial charge in [-0.3, -0.25) is 9.59 Å². The van der Waals surface area contributed by atoms with Crippen molar-refractivity contribution in [1.29, 1.82) is 0 Å². The maximum atomic E-state index is 12.2. The molecule has 2 aromatic carbocycles. The number of allylic oxidation sites excluding steroid dienone is 1. The third kappa shape index (κ3) is 4.16. The number of hydrogen-bond acceptors (Lipinski definition) is 3. The third-order valence-corrected chi connectivity index (χ3v) is 3.69. The van der Waals surface area contributed by atoms with Crippen molar-refractivity contribution in [3.05, 3.63) is 70.8 Å². The van der Waals surface area contributed by atoms with E-state index in [1.807, 2.05) is 24.3 Å². The first kappa shape index (κ1) is 16.7. The Balaban J connectivity index is 2.18. The van der Waals surface area contributed by atoms with Crippen LogP contribution >= 0.6 is 0 Å². The Morgan fingerprint density at radius 3 is 2.26 bits per heavy atom. The molecule has 0 fully saturated rings. The summed E-state index contributed by atoms with van der Waals surface area (Å²) in [6.07, 6.45) is 3.22. The number of carbonyl (C=O) groups is 2. The minimum absolute atomic E-state index is 0.109. The molecule has 0 unspecified atom stereocenters. The molecule has 1 N–H and O–H groups in total. The number of ketones is 2. The van der Waals surface area contributed by atoms with E-state index in [1.165, 1.54) is 36.8 Å². The number of Topliss-reactive ketones (excluding diaryl/α,β-unsaturated/α-hetero) is 1. The van der Waals surface area contributed by atoms with E-state index in [-0.39, 0.29) is 22.9 Å². The molecule has 0 saturated carbocycles. The lowest BCUT2D eigenvalue weighted by Gasteiger charge is -2.05. The molecule has 0 amide bonds. The number of benzene rings is 2. The zero-order valence-corrected chi connectivity index (χ0v) is 13.5. The van der Waals surface area contributed by atoms with Crippen LogP contribution in [0.1, 0.15) is 58.5 Å². The van der Waals surface area contributed by atoms with Crippen molar-refractivity contribution >= 4 is 17.6 Å². The van der Waals surface area contributed by atoms with Crippen molar-refractivity contribution in [2.45, 2.75) is 26.7 Å². The van der Waals surface area contributed by atoms with Crippen molar-refractivity contribution in [1.82, 2.24) is 0 Å². The predicted molar refractivity (Wildman–Crippen MR) is 92.0 cm³/mol. The molecule has 0 bridgehead atoms. The third-order valence-electron chi connectivity index (χ3n) is 3.69. The van der Waals surface area contributed by atoms with Gasteiger partial charge in [0.25, 0.3) is 0 Å². The summed E-state index contributed by atoms with van der Waals surface area (Å²) >= 11 is 0. The topological polar surface area (TPSA) is 54.4 Å². The highest BCUT2D eigenvalue weighted by molar-refractivity contribution is 6.08. The van der Waals surface area contributed by atoms with Gasteiger partial charge in [-0.15, -0.1) is 0 Å². The Morgan fingerprint density at radius 2 is 1.70 bits per heavy atom. The summed E-state index contributed by atoms with van der Waals surface area (Å²) < 4.78 is 0. The van der Waals surface area contributed by atoms with Crippen LogP contribution in [-0.4, -0.2) is 16.7 Å². The molecule has 0 saturated heterocycles. The zero-order chi connectivity index (χ0) is 17.0. The summed E-state index contributed by atoms with van der Waals surface area (Å²) in [4.78, 5) is 23.6. The highest BCUT2D eigenvalue weighted by Crippen LogP contribution is 2.20. The van der Waals surface area contributed by atoms with Gasteiger partial charge >= 0.3 is 0 Å². The highest BCUT2D eigenvalue weighted by atomic mass is 16.3. The normalized spacial score (nSPS) is 11.1. The predicted octanol–water partition coefficient (Wildman–Crippen LogP) is 4.61. The molecule has 0 aliphatic carbocycles. The summed E-state index contributed by atoms with van der Waals surface area (Å²) in [6, 6.07) is 12.3. The average Bonchev–Trinajstić information content (AvgIpc) is 2.53. The van der Waals surface area contributed by atoms with E-state index >= 15 is 0 Å². The smallest absolute Gasteiger partial charge is 0.185 e. The standard InChI is InChI=1S/C20H20O3/c1-13(2)16-7-4-15(5-8-16)6-10-19(22)17-9-11-20(23)18(12-17)14(3)21/h4-13,23H,1-3H3/b10-6+. The van der Waals surface area contributed by atoms with Crippen LogP contribution in [0.15, 0.2) is 48.5 Å². The van der Waals surface area contributed by atoms with Crippen LogP contribution in [-0.2, 0) is 0 Å². The summed E-state index contributed by atoms with van der Waals surface area (Å²) in [5.74, 6) is -0.121. The van der Waals surface area contributed by atoms with Gasteiger partial charge in [0.2, 0.25) is 0 Å². The van der Waals surface area contributed by atoms with E-state index in [4.69, 9.17) is 0 Å². The van der Waals surface area contributed by atoms with Crippen LogP contribution in [0, 0.1) is 0 Å².